The number of hydrogen-bond donors (Lipinski definition) is 1. The Kier molecular flexibility index (Phi) is 7.27. The van der Waals surface area contributed by atoms with Crippen molar-refractivity contribution < 1.29 is 4.79 Å². The number of carbonyl (C=O) groups is 1. The van der Waals surface area contributed by atoms with E-state index in [0.29, 0.717) is 5.92 Å². The molecule has 1 aromatic carbocycles. The molecule has 1 aromatic rings. The molecular formula is C14H23NO. The van der Waals surface area contributed by atoms with Gasteiger partial charge in [0.05, 0.1) is 0 Å². The highest BCUT2D eigenvalue weighted by Gasteiger charge is 2.04. The Morgan fingerprint density at radius 3 is 2.44 bits per heavy atom. The van der Waals surface area contributed by atoms with Crippen molar-refractivity contribution in [3.05, 3.63) is 35.4 Å². The van der Waals surface area contributed by atoms with Gasteiger partial charge >= 0.3 is 0 Å². The summed E-state index contributed by atoms with van der Waals surface area (Å²) in [7, 11) is 0. The van der Waals surface area contributed by atoms with Gasteiger partial charge in [-0.2, -0.15) is 0 Å². The lowest BCUT2D eigenvalue weighted by Gasteiger charge is -2.07. The predicted molar refractivity (Wildman–Crippen MR) is 69.7 cm³/mol. The first-order valence-corrected chi connectivity index (χ1v) is 5.94. The third-order valence-electron chi connectivity index (χ3n) is 1.95. The van der Waals surface area contributed by atoms with Crippen molar-refractivity contribution in [3.8, 4) is 0 Å². The van der Waals surface area contributed by atoms with Crippen molar-refractivity contribution in [2.24, 2.45) is 5.92 Å². The molecule has 16 heavy (non-hydrogen) atoms. The van der Waals surface area contributed by atoms with Crippen LogP contribution < -0.4 is 5.32 Å². The van der Waals surface area contributed by atoms with Gasteiger partial charge in [0.15, 0.2) is 0 Å². The summed E-state index contributed by atoms with van der Waals surface area (Å²) < 4.78 is 0. The summed E-state index contributed by atoms with van der Waals surface area (Å²) >= 11 is 0. The molecule has 2 nitrogen and oxygen atoms in total. The van der Waals surface area contributed by atoms with Gasteiger partial charge in [-0.05, 0) is 25.0 Å². The average Bonchev–Trinajstić information content (AvgIpc) is 2.28. The zero-order chi connectivity index (χ0) is 12.6. The Bertz CT molecular complexity index is 318. The first-order valence-electron chi connectivity index (χ1n) is 5.94. The van der Waals surface area contributed by atoms with Crippen LogP contribution in [0.5, 0.6) is 0 Å². The SMILES string of the molecule is CC.Cc1cccc(C(=O)NCC(C)C)c1. The zero-order valence-electron chi connectivity index (χ0n) is 11.0. The second-order valence-corrected chi connectivity index (χ2v) is 3.97. The Morgan fingerprint density at radius 1 is 1.31 bits per heavy atom. The number of amides is 1. The minimum absolute atomic E-state index is 0.0161. The van der Waals surface area contributed by atoms with Gasteiger partial charge in [0.25, 0.3) is 5.91 Å². The summed E-state index contributed by atoms with van der Waals surface area (Å²) in [6.07, 6.45) is 0. The fourth-order valence-corrected chi connectivity index (χ4v) is 1.19. The van der Waals surface area contributed by atoms with E-state index in [4.69, 9.17) is 0 Å². The van der Waals surface area contributed by atoms with Crippen molar-refractivity contribution in [2.45, 2.75) is 34.6 Å². The zero-order valence-corrected chi connectivity index (χ0v) is 11.0. The molecule has 0 atom stereocenters. The average molecular weight is 221 g/mol. The van der Waals surface area contributed by atoms with Crippen molar-refractivity contribution in [1.82, 2.24) is 5.32 Å². The van der Waals surface area contributed by atoms with Crippen LogP contribution in [0.25, 0.3) is 0 Å². The smallest absolute Gasteiger partial charge is 0.251 e. The van der Waals surface area contributed by atoms with Gasteiger partial charge in [-0.25, -0.2) is 0 Å². The van der Waals surface area contributed by atoms with Crippen molar-refractivity contribution in [2.75, 3.05) is 6.54 Å². The van der Waals surface area contributed by atoms with E-state index in [9.17, 15) is 4.79 Å². The first-order chi connectivity index (χ1) is 7.59. The molecule has 0 saturated carbocycles. The molecule has 0 radical (unpaired) electrons. The summed E-state index contributed by atoms with van der Waals surface area (Å²) in [6, 6.07) is 7.62. The summed E-state index contributed by atoms with van der Waals surface area (Å²) in [5, 5.41) is 2.89. The van der Waals surface area contributed by atoms with Crippen molar-refractivity contribution in [3.63, 3.8) is 0 Å². The van der Waals surface area contributed by atoms with Crippen LogP contribution >= 0.6 is 0 Å². The molecule has 1 amide bonds. The molecule has 1 N–H and O–H groups in total. The molecule has 0 saturated heterocycles. The number of aryl methyl sites for hydroxylation is 1. The highest BCUT2D eigenvalue weighted by Crippen LogP contribution is 2.03. The lowest BCUT2D eigenvalue weighted by atomic mass is 10.1. The molecule has 0 aliphatic carbocycles. The Balaban J connectivity index is 0.00000106. The predicted octanol–water partition coefficient (Wildman–Crippen LogP) is 3.41. The highest BCUT2D eigenvalue weighted by molar-refractivity contribution is 5.94. The second kappa shape index (κ2) is 7.91. The minimum atomic E-state index is 0.0161. The van der Waals surface area contributed by atoms with Gasteiger partial charge in [0.1, 0.15) is 0 Å². The fourth-order valence-electron chi connectivity index (χ4n) is 1.19. The summed E-state index contributed by atoms with van der Waals surface area (Å²) in [5.41, 5.74) is 1.85. The summed E-state index contributed by atoms with van der Waals surface area (Å²) in [6.45, 7) is 10.9. The van der Waals surface area contributed by atoms with Crippen LogP contribution in [-0.2, 0) is 0 Å². The summed E-state index contributed by atoms with van der Waals surface area (Å²) in [4.78, 5) is 11.6. The summed E-state index contributed by atoms with van der Waals surface area (Å²) in [5.74, 6) is 0.506. The van der Waals surface area contributed by atoms with E-state index in [0.717, 1.165) is 17.7 Å². The largest absolute Gasteiger partial charge is 0.352 e. The maximum Gasteiger partial charge on any atom is 0.251 e. The maximum absolute atomic E-state index is 11.6. The first kappa shape index (κ1) is 14.7. The van der Waals surface area contributed by atoms with E-state index in [1.54, 1.807) is 0 Å². The van der Waals surface area contributed by atoms with Crippen LogP contribution in [0, 0.1) is 12.8 Å². The van der Waals surface area contributed by atoms with Crippen molar-refractivity contribution >= 4 is 5.91 Å². The van der Waals surface area contributed by atoms with Gasteiger partial charge in [-0.15, -0.1) is 0 Å². The van der Waals surface area contributed by atoms with E-state index in [1.165, 1.54) is 0 Å². The van der Waals surface area contributed by atoms with Crippen LogP contribution in [-0.4, -0.2) is 12.5 Å². The number of benzene rings is 1. The molecule has 0 aliphatic rings. The van der Waals surface area contributed by atoms with Gasteiger partial charge in [-0.1, -0.05) is 45.4 Å². The van der Waals surface area contributed by atoms with E-state index < -0.39 is 0 Å². The Labute approximate surface area is 99.1 Å². The maximum atomic E-state index is 11.6. The molecule has 1 rings (SSSR count). The third-order valence-corrected chi connectivity index (χ3v) is 1.95. The standard InChI is InChI=1S/C12H17NO.C2H6/c1-9(2)8-13-12(14)11-6-4-5-10(3)7-11;1-2/h4-7,9H,8H2,1-3H3,(H,13,14);1-2H3. The Hall–Kier alpha value is -1.31. The van der Waals surface area contributed by atoms with Gasteiger partial charge in [0, 0.05) is 12.1 Å². The number of rotatable bonds is 3. The van der Waals surface area contributed by atoms with Gasteiger partial charge < -0.3 is 5.32 Å². The normalized spacial score (nSPS) is 9.38. The van der Waals surface area contributed by atoms with Gasteiger partial charge in [-0.3, -0.25) is 4.79 Å². The van der Waals surface area contributed by atoms with Crippen LogP contribution in [0.2, 0.25) is 0 Å². The number of carbonyl (C=O) groups excluding carboxylic acids is 1. The fraction of sp³-hybridized carbons (Fsp3) is 0.500. The molecule has 0 aliphatic heterocycles. The monoisotopic (exact) mass is 221 g/mol. The number of hydrogen-bond acceptors (Lipinski definition) is 1. The van der Waals surface area contributed by atoms with Gasteiger partial charge in [0.2, 0.25) is 0 Å². The lowest BCUT2D eigenvalue weighted by molar-refractivity contribution is 0.0949. The van der Waals surface area contributed by atoms with Crippen LogP contribution in [0.4, 0.5) is 0 Å². The number of nitrogens with one attached hydrogen (secondary N) is 1. The van der Waals surface area contributed by atoms with E-state index >= 15 is 0 Å². The molecule has 2 heteroatoms. The topological polar surface area (TPSA) is 29.1 Å². The van der Waals surface area contributed by atoms with Crippen LogP contribution in [0.3, 0.4) is 0 Å². The molecule has 90 valence electrons. The quantitative estimate of drug-likeness (QED) is 0.832. The van der Waals surface area contributed by atoms with E-state index in [1.807, 2.05) is 45.0 Å². The lowest BCUT2D eigenvalue weighted by Crippen LogP contribution is -2.27. The van der Waals surface area contributed by atoms with Crippen LogP contribution in [0.1, 0.15) is 43.6 Å². The molecule has 0 bridgehead atoms. The van der Waals surface area contributed by atoms with Crippen LogP contribution in [0.15, 0.2) is 24.3 Å². The second-order valence-electron chi connectivity index (χ2n) is 3.97. The van der Waals surface area contributed by atoms with E-state index in [2.05, 4.69) is 19.2 Å². The molecular weight excluding hydrogens is 198 g/mol. The van der Waals surface area contributed by atoms with Crippen molar-refractivity contribution in [1.29, 1.82) is 0 Å². The highest BCUT2D eigenvalue weighted by atomic mass is 16.1. The molecule has 0 heterocycles. The molecule has 0 fully saturated rings. The van der Waals surface area contributed by atoms with E-state index in [-0.39, 0.29) is 5.91 Å². The Morgan fingerprint density at radius 2 is 1.94 bits per heavy atom. The molecule has 0 aromatic heterocycles. The third kappa shape index (κ3) is 5.54. The molecule has 0 unspecified atom stereocenters. The minimum Gasteiger partial charge on any atom is -0.352 e. The molecule has 0 spiro atoms.